The largest absolute Gasteiger partial charge is 0.354 e. The minimum Gasteiger partial charge on any atom is -0.354 e. The fourth-order valence-corrected chi connectivity index (χ4v) is 2.51. The molecule has 0 atom stereocenters. The lowest BCUT2D eigenvalue weighted by Crippen LogP contribution is -2.35. The summed E-state index contributed by atoms with van der Waals surface area (Å²) in [6, 6.07) is 6.11. The monoisotopic (exact) mass is 288 g/mol. The molecular weight excluding hydrogens is 272 g/mol. The number of rotatable bonds is 7. The van der Waals surface area contributed by atoms with Crippen LogP contribution in [0.25, 0.3) is 0 Å². The molecule has 7 nitrogen and oxygen atoms in total. The predicted molar refractivity (Wildman–Crippen MR) is 68.7 cm³/mol. The maximum atomic E-state index is 12.2. The Labute approximate surface area is 112 Å². The van der Waals surface area contributed by atoms with Gasteiger partial charge in [0.15, 0.2) is 6.29 Å². The maximum absolute atomic E-state index is 12.2. The average molecular weight is 288 g/mol. The standard InChI is InChI=1S/C11H16N2O5S/c1-9-4-6-10(7-5-9)19(15,16)13(12-14)8-11(17-2)18-3/h4-7,11H,8H2,1-3H3. The van der Waals surface area contributed by atoms with E-state index in [1.165, 1.54) is 26.4 Å². The molecule has 106 valence electrons. The molecule has 19 heavy (non-hydrogen) atoms. The van der Waals surface area contributed by atoms with Gasteiger partial charge in [-0.25, -0.2) is 0 Å². The van der Waals surface area contributed by atoms with E-state index < -0.39 is 16.3 Å². The number of sulfonamides is 1. The van der Waals surface area contributed by atoms with Crippen LogP contribution in [0.3, 0.4) is 0 Å². The molecule has 0 fully saturated rings. The summed E-state index contributed by atoms with van der Waals surface area (Å²) in [6.45, 7) is 1.52. The van der Waals surface area contributed by atoms with Crippen molar-refractivity contribution in [2.24, 2.45) is 5.29 Å². The van der Waals surface area contributed by atoms with Gasteiger partial charge in [0.2, 0.25) is 0 Å². The van der Waals surface area contributed by atoms with Crippen LogP contribution in [-0.2, 0) is 19.5 Å². The van der Waals surface area contributed by atoms with E-state index in [0.717, 1.165) is 5.56 Å². The highest BCUT2D eigenvalue weighted by atomic mass is 32.2. The first-order valence-electron chi connectivity index (χ1n) is 5.44. The highest BCUT2D eigenvalue weighted by Gasteiger charge is 2.27. The highest BCUT2D eigenvalue weighted by molar-refractivity contribution is 7.89. The van der Waals surface area contributed by atoms with Gasteiger partial charge in [-0.3, -0.25) is 0 Å². The lowest BCUT2D eigenvalue weighted by atomic mass is 10.2. The van der Waals surface area contributed by atoms with Crippen molar-refractivity contribution in [3.8, 4) is 0 Å². The third kappa shape index (κ3) is 3.72. The first kappa shape index (κ1) is 15.5. The first-order chi connectivity index (χ1) is 8.95. The molecule has 0 unspecified atom stereocenters. The Kier molecular flexibility index (Phi) is 5.40. The summed E-state index contributed by atoms with van der Waals surface area (Å²) in [7, 11) is -1.30. The molecule has 1 rings (SSSR count). The van der Waals surface area contributed by atoms with Crippen LogP contribution in [0.2, 0.25) is 0 Å². The van der Waals surface area contributed by atoms with Gasteiger partial charge in [0.05, 0.1) is 10.2 Å². The molecule has 0 radical (unpaired) electrons. The van der Waals surface area contributed by atoms with Gasteiger partial charge in [-0.2, -0.15) is 8.42 Å². The summed E-state index contributed by atoms with van der Waals surface area (Å²) in [5.74, 6) is 0. The van der Waals surface area contributed by atoms with Gasteiger partial charge < -0.3 is 9.47 Å². The third-order valence-electron chi connectivity index (χ3n) is 2.52. The summed E-state index contributed by atoms with van der Waals surface area (Å²) in [5.41, 5.74) is 0.913. The molecule has 0 aliphatic carbocycles. The number of hydrogen-bond donors (Lipinski definition) is 0. The van der Waals surface area contributed by atoms with Crippen LogP contribution < -0.4 is 0 Å². The van der Waals surface area contributed by atoms with Gasteiger partial charge in [0, 0.05) is 14.2 Å². The van der Waals surface area contributed by atoms with Crippen LogP contribution in [0, 0.1) is 11.8 Å². The molecule has 0 amide bonds. The zero-order valence-corrected chi connectivity index (χ0v) is 11.8. The van der Waals surface area contributed by atoms with E-state index in [2.05, 4.69) is 5.29 Å². The van der Waals surface area contributed by atoms with Crippen molar-refractivity contribution in [1.29, 1.82) is 0 Å². The van der Waals surface area contributed by atoms with E-state index in [1.54, 1.807) is 12.1 Å². The van der Waals surface area contributed by atoms with Gasteiger partial charge in [0.1, 0.15) is 6.54 Å². The van der Waals surface area contributed by atoms with Crippen LogP contribution in [0.15, 0.2) is 34.4 Å². The quantitative estimate of drug-likeness (QED) is 0.428. The number of hydrogen-bond acceptors (Lipinski definition) is 6. The molecule has 8 heteroatoms. The lowest BCUT2D eigenvalue weighted by Gasteiger charge is -2.20. The molecule has 0 N–H and O–H groups in total. The molecule has 0 aliphatic rings. The fraction of sp³-hybridized carbons (Fsp3) is 0.455. The van der Waals surface area contributed by atoms with Crippen LogP contribution in [-0.4, -0.2) is 39.9 Å². The lowest BCUT2D eigenvalue weighted by molar-refractivity contribution is -0.108. The minimum absolute atomic E-state index is 0.0105. The number of nitrogens with zero attached hydrogens (tertiary/aromatic N) is 2. The Hall–Kier alpha value is -1.51. The van der Waals surface area contributed by atoms with Crippen molar-refractivity contribution in [1.82, 2.24) is 4.41 Å². The molecule has 0 spiro atoms. The molecule has 1 aromatic carbocycles. The smallest absolute Gasteiger partial charge is 0.281 e. The summed E-state index contributed by atoms with van der Waals surface area (Å²) >= 11 is 0. The first-order valence-corrected chi connectivity index (χ1v) is 6.88. The van der Waals surface area contributed by atoms with E-state index >= 15 is 0 Å². The number of benzene rings is 1. The second-order valence-corrected chi connectivity index (χ2v) is 5.65. The van der Waals surface area contributed by atoms with Crippen molar-refractivity contribution in [2.75, 3.05) is 20.8 Å². The normalized spacial score (nSPS) is 11.6. The van der Waals surface area contributed by atoms with Crippen LogP contribution in [0.4, 0.5) is 0 Å². The summed E-state index contributed by atoms with van der Waals surface area (Å²) < 4.78 is 34.4. The highest BCUT2D eigenvalue weighted by Crippen LogP contribution is 2.17. The summed E-state index contributed by atoms with van der Waals surface area (Å²) in [4.78, 5) is 10.7. The average Bonchev–Trinajstić information content (AvgIpc) is 2.40. The third-order valence-corrected chi connectivity index (χ3v) is 4.16. The molecule has 0 saturated carbocycles. The Morgan fingerprint density at radius 1 is 1.21 bits per heavy atom. The van der Waals surface area contributed by atoms with Crippen LogP contribution >= 0.6 is 0 Å². The van der Waals surface area contributed by atoms with E-state index in [9.17, 15) is 13.3 Å². The Morgan fingerprint density at radius 3 is 2.16 bits per heavy atom. The SMILES string of the molecule is COC(CN(N=O)S(=O)(=O)c1ccc(C)cc1)OC. The zero-order valence-electron chi connectivity index (χ0n) is 10.9. The molecule has 0 aliphatic heterocycles. The van der Waals surface area contributed by atoms with E-state index in [1.807, 2.05) is 6.92 Å². The number of ether oxygens (including phenoxy) is 2. The van der Waals surface area contributed by atoms with Crippen molar-refractivity contribution >= 4 is 10.0 Å². The second-order valence-electron chi connectivity index (χ2n) is 3.81. The van der Waals surface area contributed by atoms with E-state index in [-0.39, 0.29) is 11.4 Å². The molecule has 0 saturated heterocycles. The molecule has 0 heterocycles. The Bertz CT molecular complexity index is 510. The van der Waals surface area contributed by atoms with E-state index in [4.69, 9.17) is 9.47 Å². The zero-order chi connectivity index (χ0) is 14.5. The van der Waals surface area contributed by atoms with Gasteiger partial charge in [-0.1, -0.05) is 17.7 Å². The van der Waals surface area contributed by atoms with Crippen molar-refractivity contribution in [2.45, 2.75) is 18.1 Å². The van der Waals surface area contributed by atoms with Crippen molar-refractivity contribution in [3.63, 3.8) is 0 Å². The van der Waals surface area contributed by atoms with Crippen LogP contribution in [0.5, 0.6) is 0 Å². The van der Waals surface area contributed by atoms with Crippen molar-refractivity contribution in [3.05, 3.63) is 34.7 Å². The number of methoxy groups -OCH3 is 2. The summed E-state index contributed by atoms with van der Waals surface area (Å²) in [6.07, 6.45) is -0.863. The number of nitroso groups, excluding NO2 is 1. The van der Waals surface area contributed by atoms with Gasteiger partial charge in [-0.05, 0) is 19.1 Å². The van der Waals surface area contributed by atoms with Gasteiger partial charge in [-0.15, -0.1) is 9.32 Å². The predicted octanol–water partition coefficient (Wildman–Crippen LogP) is 1.29. The van der Waals surface area contributed by atoms with Gasteiger partial charge in [0.25, 0.3) is 10.0 Å². The molecule has 0 aromatic heterocycles. The van der Waals surface area contributed by atoms with Crippen LogP contribution in [0.1, 0.15) is 5.56 Å². The van der Waals surface area contributed by atoms with Crippen molar-refractivity contribution < 1.29 is 17.9 Å². The molecule has 0 bridgehead atoms. The fourth-order valence-electron chi connectivity index (χ4n) is 1.38. The van der Waals surface area contributed by atoms with Gasteiger partial charge >= 0.3 is 0 Å². The Balaban J connectivity index is 3.02. The maximum Gasteiger partial charge on any atom is 0.281 e. The second kappa shape index (κ2) is 6.60. The topological polar surface area (TPSA) is 85.3 Å². The minimum atomic E-state index is -3.99. The molecular formula is C11H16N2O5S. The Morgan fingerprint density at radius 2 is 1.74 bits per heavy atom. The summed E-state index contributed by atoms with van der Waals surface area (Å²) in [5, 5.41) is 2.53. The number of aryl methyl sites for hydroxylation is 1. The van der Waals surface area contributed by atoms with E-state index in [0.29, 0.717) is 4.41 Å². The molecule has 1 aromatic rings.